The number of carbonyl (C=O) groups excluding carboxylic acids is 1. The van der Waals surface area contributed by atoms with E-state index in [0.29, 0.717) is 17.4 Å². The van der Waals surface area contributed by atoms with E-state index in [2.05, 4.69) is 21.6 Å². The number of aldehydes is 1. The molecule has 0 atom stereocenters. The normalized spacial score (nSPS) is 18.4. The Labute approximate surface area is 260 Å². The Morgan fingerprint density at radius 2 is 1.65 bits per heavy atom. The van der Waals surface area contributed by atoms with Gasteiger partial charge >= 0.3 is 5.97 Å². The van der Waals surface area contributed by atoms with Crippen LogP contribution in [0.2, 0.25) is 10.0 Å². The molecular weight excluding hydrogens is 583 g/mol. The van der Waals surface area contributed by atoms with Gasteiger partial charge in [0, 0.05) is 70.2 Å². The molecule has 0 spiro atoms. The van der Waals surface area contributed by atoms with E-state index in [9.17, 15) is 14.7 Å². The zero-order valence-electron chi connectivity index (χ0n) is 24.0. The SMILES string of the molecule is O=Cc1cc(Cl)c(C(=O)O)c(C2=c3cc4c5c(c3Oc3c2cc2c6c3CCCN6CCCC2)CCC[N+]=5CCCC4)c1Cl. The number of rotatable bonds is 3. The summed E-state index contributed by atoms with van der Waals surface area (Å²) >= 11 is 13.7. The highest BCUT2D eigenvalue weighted by molar-refractivity contribution is 6.39. The second kappa shape index (κ2) is 10.4. The van der Waals surface area contributed by atoms with Gasteiger partial charge in [0.2, 0.25) is 5.36 Å². The van der Waals surface area contributed by atoms with Gasteiger partial charge in [-0.25, -0.2) is 9.37 Å². The van der Waals surface area contributed by atoms with Crippen molar-refractivity contribution in [1.82, 2.24) is 4.58 Å². The first-order chi connectivity index (χ1) is 21.0. The predicted molar refractivity (Wildman–Crippen MR) is 168 cm³/mol. The van der Waals surface area contributed by atoms with Crippen LogP contribution in [0, 0.1) is 0 Å². The number of anilines is 1. The number of aromatic carboxylic acids is 1. The van der Waals surface area contributed by atoms with Gasteiger partial charge in [-0.3, -0.25) is 4.79 Å². The van der Waals surface area contributed by atoms with E-state index in [1.54, 1.807) is 0 Å². The Hall–Kier alpha value is -3.35. The number of carbonyl (C=O) groups is 2. The van der Waals surface area contributed by atoms with Gasteiger partial charge in [-0.05, 0) is 75.1 Å². The molecule has 6 nitrogen and oxygen atoms in total. The van der Waals surface area contributed by atoms with Crippen molar-refractivity contribution in [3.8, 4) is 11.5 Å². The molecule has 0 bridgehead atoms. The molecule has 5 aliphatic heterocycles. The third kappa shape index (κ3) is 4.09. The van der Waals surface area contributed by atoms with Crippen LogP contribution in [0.1, 0.15) is 92.6 Å². The summed E-state index contributed by atoms with van der Waals surface area (Å²) in [5.41, 5.74) is 8.18. The number of halogens is 2. The molecule has 220 valence electrons. The lowest BCUT2D eigenvalue weighted by Crippen LogP contribution is -2.41. The molecule has 5 aliphatic rings. The van der Waals surface area contributed by atoms with Crippen LogP contribution in [0.15, 0.2) is 18.2 Å². The van der Waals surface area contributed by atoms with Gasteiger partial charge < -0.3 is 14.7 Å². The maximum absolute atomic E-state index is 12.9. The average Bonchev–Trinajstić information content (AvgIpc) is 3.35. The Morgan fingerprint density at radius 3 is 2.49 bits per heavy atom. The van der Waals surface area contributed by atoms with Crippen molar-refractivity contribution in [2.24, 2.45) is 0 Å². The number of ether oxygens (including phenoxy) is 1. The molecule has 0 saturated heterocycles. The lowest BCUT2D eigenvalue weighted by atomic mass is 9.82. The van der Waals surface area contributed by atoms with E-state index in [-0.39, 0.29) is 21.2 Å². The predicted octanol–water partition coefficient (Wildman–Crippen LogP) is 5.72. The fourth-order valence-corrected chi connectivity index (χ4v) is 8.85. The summed E-state index contributed by atoms with van der Waals surface area (Å²) in [5.74, 6) is 0.427. The minimum atomic E-state index is -1.18. The summed E-state index contributed by atoms with van der Waals surface area (Å²) in [4.78, 5) is 27.6. The first-order valence-corrected chi connectivity index (χ1v) is 16.4. The van der Waals surface area contributed by atoms with Crippen molar-refractivity contribution < 1.29 is 19.4 Å². The molecule has 0 radical (unpaired) electrons. The van der Waals surface area contributed by atoms with Crippen LogP contribution < -0.4 is 24.8 Å². The van der Waals surface area contributed by atoms with E-state index >= 15 is 0 Å². The van der Waals surface area contributed by atoms with Crippen molar-refractivity contribution in [3.05, 3.63) is 83.3 Å². The topological polar surface area (TPSA) is 69.9 Å². The first kappa shape index (κ1) is 27.2. The van der Waals surface area contributed by atoms with Gasteiger partial charge in [0.05, 0.1) is 21.2 Å². The fourth-order valence-electron chi connectivity index (χ4n) is 8.27. The minimum absolute atomic E-state index is 0.000594. The number of carboxylic acid groups (broad SMARTS) is 1. The number of hydrogen-bond donors (Lipinski definition) is 1. The average molecular weight is 617 g/mol. The molecule has 0 amide bonds. The van der Waals surface area contributed by atoms with Crippen LogP contribution >= 0.6 is 23.2 Å². The largest absolute Gasteiger partial charge is 0.478 e. The number of hydrogen-bond acceptors (Lipinski definition) is 4. The summed E-state index contributed by atoms with van der Waals surface area (Å²) in [7, 11) is 0. The number of aryl methyl sites for hydroxylation is 2. The molecule has 0 fully saturated rings. The highest BCUT2D eigenvalue weighted by Gasteiger charge is 2.37. The number of carboxylic acids is 1. The second-order valence-corrected chi connectivity index (χ2v) is 13.3. The molecule has 0 unspecified atom stereocenters. The molecule has 3 aromatic carbocycles. The highest BCUT2D eigenvalue weighted by atomic mass is 35.5. The fraction of sp³-hybridized carbons (Fsp3) is 0.400. The van der Waals surface area contributed by atoms with Crippen LogP contribution in [0.25, 0.3) is 5.57 Å². The summed E-state index contributed by atoms with van der Waals surface area (Å²) in [6.07, 6.45) is 10.9. The minimum Gasteiger partial charge on any atom is -0.478 e. The Balaban J connectivity index is 1.58. The van der Waals surface area contributed by atoms with E-state index in [0.717, 1.165) is 113 Å². The van der Waals surface area contributed by atoms with E-state index in [1.807, 2.05) is 0 Å². The van der Waals surface area contributed by atoms with Crippen molar-refractivity contribution in [2.45, 2.75) is 64.2 Å². The molecule has 0 saturated carbocycles. The molecule has 0 aliphatic carbocycles. The smallest absolute Gasteiger partial charge is 0.337 e. The number of fused-ring (bicyclic) bond motifs is 4. The molecule has 0 aromatic heterocycles. The third-order valence-electron chi connectivity index (χ3n) is 10.0. The summed E-state index contributed by atoms with van der Waals surface area (Å²) in [5, 5.41) is 12.8. The lowest BCUT2D eigenvalue weighted by Gasteiger charge is -2.36. The maximum atomic E-state index is 12.9. The van der Waals surface area contributed by atoms with Crippen molar-refractivity contribution in [2.75, 3.05) is 31.1 Å². The standard InChI is InChI=1S/C35H32Cl2N2O4/c36-26-17-21(18-40)30(37)29(28(26)35(41)42)27-24-15-19-7-1-3-11-38-13-5-9-22(31(19)38)33(24)43-34-23-10-6-14-39-12-4-2-8-20(32(23)39)16-25(27)34/h15-18H,1-14H2/p+1. The molecule has 43 heavy (non-hydrogen) atoms. The van der Waals surface area contributed by atoms with Gasteiger partial charge in [0.15, 0.2) is 6.29 Å². The zero-order valence-corrected chi connectivity index (χ0v) is 25.5. The van der Waals surface area contributed by atoms with Crippen LogP contribution in [-0.2, 0) is 25.7 Å². The molecule has 1 N–H and O–H groups in total. The van der Waals surface area contributed by atoms with Gasteiger partial charge in [0.25, 0.3) is 0 Å². The van der Waals surface area contributed by atoms with Crippen LogP contribution in [0.3, 0.4) is 0 Å². The van der Waals surface area contributed by atoms with Crippen LogP contribution in [0.5, 0.6) is 11.5 Å². The summed E-state index contributed by atoms with van der Waals surface area (Å²) in [6, 6.07) is 5.79. The molecule has 8 rings (SSSR count). The lowest BCUT2D eigenvalue weighted by molar-refractivity contribution is 0.0696. The second-order valence-electron chi connectivity index (χ2n) is 12.5. The van der Waals surface area contributed by atoms with E-state index in [1.165, 1.54) is 39.4 Å². The summed E-state index contributed by atoms with van der Waals surface area (Å²) < 4.78 is 9.63. The molecule has 8 heteroatoms. The van der Waals surface area contributed by atoms with Gasteiger partial charge in [-0.15, -0.1) is 0 Å². The Kier molecular flexibility index (Phi) is 6.57. The summed E-state index contributed by atoms with van der Waals surface area (Å²) in [6.45, 7) is 4.13. The van der Waals surface area contributed by atoms with Crippen molar-refractivity contribution >= 4 is 46.7 Å². The number of benzene rings is 3. The van der Waals surface area contributed by atoms with Gasteiger partial charge in [-0.1, -0.05) is 23.2 Å². The first-order valence-electron chi connectivity index (χ1n) is 15.6. The van der Waals surface area contributed by atoms with Crippen molar-refractivity contribution in [1.29, 1.82) is 0 Å². The monoisotopic (exact) mass is 615 g/mol. The quantitative estimate of drug-likeness (QED) is 0.236. The number of nitrogens with zero attached hydrogens (tertiary/aromatic N) is 2. The van der Waals surface area contributed by atoms with E-state index in [4.69, 9.17) is 27.9 Å². The van der Waals surface area contributed by atoms with Crippen LogP contribution in [0.4, 0.5) is 5.69 Å². The highest BCUT2D eigenvalue weighted by Crippen LogP contribution is 2.50. The molecular formula is C35H33Cl2N2O4+. The van der Waals surface area contributed by atoms with Gasteiger partial charge in [-0.2, -0.15) is 0 Å². The molecule has 3 aromatic rings. The van der Waals surface area contributed by atoms with E-state index < -0.39 is 5.97 Å². The Bertz CT molecular complexity index is 1900. The van der Waals surface area contributed by atoms with Crippen molar-refractivity contribution in [3.63, 3.8) is 0 Å². The zero-order chi connectivity index (χ0) is 29.4. The third-order valence-corrected chi connectivity index (χ3v) is 10.7. The maximum Gasteiger partial charge on any atom is 0.337 e. The van der Waals surface area contributed by atoms with Gasteiger partial charge in [0.1, 0.15) is 24.6 Å². The van der Waals surface area contributed by atoms with Crippen LogP contribution in [-0.4, -0.2) is 43.5 Å². The Morgan fingerprint density at radius 1 is 0.884 bits per heavy atom. The molecule has 5 heterocycles.